The molecule has 0 aliphatic carbocycles. The highest BCUT2D eigenvalue weighted by Crippen LogP contribution is 2.16. The van der Waals surface area contributed by atoms with Crippen LogP contribution >= 0.6 is 11.8 Å². The van der Waals surface area contributed by atoms with Crippen LogP contribution in [0.25, 0.3) is 0 Å². The van der Waals surface area contributed by atoms with Gasteiger partial charge in [-0.2, -0.15) is 0 Å². The van der Waals surface area contributed by atoms with Crippen molar-refractivity contribution in [2.75, 3.05) is 11.6 Å². The number of nitrogens with two attached hydrogens (primary N) is 1. The van der Waals surface area contributed by atoms with Crippen molar-refractivity contribution in [3.8, 4) is 0 Å². The minimum atomic E-state index is -0.551. The fraction of sp³-hybridized carbons (Fsp3) is 0.167. The minimum absolute atomic E-state index is 0.284. The second kappa shape index (κ2) is 6.14. The second-order valence-electron chi connectivity index (χ2n) is 3.69. The van der Waals surface area contributed by atoms with Crippen molar-refractivity contribution >= 4 is 23.5 Å². The number of carbonyl (C=O) groups is 1. The SMILES string of the molecule is CSc1ncc(C(N)=O)c(NCc2ccncc2)n1. The molecule has 7 heteroatoms. The summed E-state index contributed by atoms with van der Waals surface area (Å²) in [4.78, 5) is 23.5. The fourth-order valence-corrected chi connectivity index (χ4v) is 1.81. The first-order chi connectivity index (χ1) is 9.20. The summed E-state index contributed by atoms with van der Waals surface area (Å²) in [5, 5.41) is 3.68. The Morgan fingerprint density at radius 3 is 2.79 bits per heavy atom. The van der Waals surface area contributed by atoms with Crippen LogP contribution in [0.1, 0.15) is 15.9 Å². The topological polar surface area (TPSA) is 93.8 Å². The number of primary amides is 1. The predicted molar refractivity (Wildman–Crippen MR) is 73.9 cm³/mol. The number of hydrogen-bond acceptors (Lipinski definition) is 6. The Kier molecular flexibility index (Phi) is 4.30. The average Bonchev–Trinajstić information content (AvgIpc) is 2.45. The summed E-state index contributed by atoms with van der Waals surface area (Å²) in [6.07, 6.45) is 6.72. The summed E-state index contributed by atoms with van der Waals surface area (Å²) in [5.41, 5.74) is 6.62. The van der Waals surface area contributed by atoms with Crippen LogP contribution in [0, 0.1) is 0 Å². The van der Waals surface area contributed by atoms with Gasteiger partial charge >= 0.3 is 0 Å². The third-order valence-corrected chi connectivity index (χ3v) is 2.99. The largest absolute Gasteiger partial charge is 0.365 e. The molecule has 6 nitrogen and oxygen atoms in total. The molecule has 2 rings (SSSR count). The van der Waals surface area contributed by atoms with Crippen LogP contribution in [0.4, 0.5) is 5.82 Å². The zero-order chi connectivity index (χ0) is 13.7. The molecule has 0 aliphatic rings. The van der Waals surface area contributed by atoms with Gasteiger partial charge in [-0.3, -0.25) is 9.78 Å². The van der Waals surface area contributed by atoms with E-state index in [1.165, 1.54) is 18.0 Å². The van der Waals surface area contributed by atoms with E-state index in [1.54, 1.807) is 12.4 Å². The molecule has 2 aromatic rings. The molecule has 1 amide bonds. The Morgan fingerprint density at radius 2 is 2.16 bits per heavy atom. The predicted octanol–water partition coefficient (Wildman–Crippen LogP) is 1.30. The van der Waals surface area contributed by atoms with E-state index >= 15 is 0 Å². The van der Waals surface area contributed by atoms with Crippen LogP contribution in [0.3, 0.4) is 0 Å². The molecule has 3 N–H and O–H groups in total. The van der Waals surface area contributed by atoms with Crippen LogP contribution in [0.2, 0.25) is 0 Å². The van der Waals surface area contributed by atoms with Gasteiger partial charge in [0.15, 0.2) is 5.16 Å². The Balaban J connectivity index is 2.20. The van der Waals surface area contributed by atoms with Crippen LogP contribution in [0.5, 0.6) is 0 Å². The number of pyridine rings is 1. The summed E-state index contributed by atoms with van der Waals surface area (Å²) in [7, 11) is 0. The number of nitrogens with zero attached hydrogens (tertiary/aromatic N) is 3. The summed E-state index contributed by atoms with van der Waals surface area (Å²) >= 11 is 1.40. The second-order valence-corrected chi connectivity index (χ2v) is 4.47. The number of nitrogens with one attached hydrogen (secondary N) is 1. The molecular weight excluding hydrogens is 262 g/mol. The van der Waals surface area contributed by atoms with Gasteiger partial charge in [-0.1, -0.05) is 11.8 Å². The smallest absolute Gasteiger partial charge is 0.254 e. The monoisotopic (exact) mass is 275 g/mol. The Morgan fingerprint density at radius 1 is 1.42 bits per heavy atom. The Hall–Kier alpha value is -2.15. The van der Waals surface area contributed by atoms with Gasteiger partial charge in [-0.25, -0.2) is 9.97 Å². The zero-order valence-electron chi connectivity index (χ0n) is 10.3. The quantitative estimate of drug-likeness (QED) is 0.631. The van der Waals surface area contributed by atoms with E-state index < -0.39 is 5.91 Å². The highest BCUT2D eigenvalue weighted by atomic mass is 32.2. The summed E-state index contributed by atoms with van der Waals surface area (Å²) in [5.74, 6) is -0.103. The Labute approximate surface area is 114 Å². The van der Waals surface area contributed by atoms with E-state index in [9.17, 15) is 4.79 Å². The third-order valence-electron chi connectivity index (χ3n) is 2.42. The maximum absolute atomic E-state index is 11.3. The summed E-state index contributed by atoms with van der Waals surface area (Å²) < 4.78 is 0. The molecule has 0 radical (unpaired) electrons. The van der Waals surface area contributed by atoms with Crippen molar-refractivity contribution in [2.45, 2.75) is 11.7 Å². The lowest BCUT2D eigenvalue weighted by molar-refractivity contribution is 0.1000. The van der Waals surface area contributed by atoms with E-state index in [4.69, 9.17) is 5.73 Å². The molecule has 2 heterocycles. The van der Waals surface area contributed by atoms with Gasteiger partial charge in [-0.05, 0) is 24.0 Å². The van der Waals surface area contributed by atoms with Gasteiger partial charge < -0.3 is 11.1 Å². The first kappa shape index (κ1) is 13.3. The first-order valence-electron chi connectivity index (χ1n) is 5.54. The molecule has 0 saturated carbocycles. The molecule has 0 fully saturated rings. The van der Waals surface area contributed by atoms with E-state index in [0.717, 1.165) is 5.56 Å². The molecular formula is C12H13N5OS. The normalized spacial score (nSPS) is 10.2. The van der Waals surface area contributed by atoms with E-state index in [2.05, 4.69) is 20.3 Å². The molecule has 98 valence electrons. The lowest BCUT2D eigenvalue weighted by Crippen LogP contribution is -2.16. The number of carbonyl (C=O) groups excluding carboxylic acids is 1. The molecule has 0 aromatic carbocycles. The molecule has 0 spiro atoms. The molecule has 0 aliphatic heterocycles. The molecule has 2 aromatic heterocycles. The maximum Gasteiger partial charge on any atom is 0.254 e. The molecule has 0 saturated heterocycles. The fourth-order valence-electron chi connectivity index (χ4n) is 1.47. The van der Waals surface area contributed by atoms with Crippen molar-refractivity contribution in [1.29, 1.82) is 0 Å². The number of anilines is 1. The maximum atomic E-state index is 11.3. The van der Waals surface area contributed by atoms with Gasteiger partial charge in [-0.15, -0.1) is 0 Å². The first-order valence-corrected chi connectivity index (χ1v) is 6.77. The van der Waals surface area contributed by atoms with Crippen molar-refractivity contribution in [2.24, 2.45) is 5.73 Å². The lowest BCUT2D eigenvalue weighted by atomic mass is 10.2. The van der Waals surface area contributed by atoms with Crippen LogP contribution in [0.15, 0.2) is 35.9 Å². The van der Waals surface area contributed by atoms with E-state index in [1.807, 2.05) is 18.4 Å². The standard InChI is InChI=1S/C12H13N5OS/c1-19-12-16-7-9(10(13)18)11(17-12)15-6-8-2-4-14-5-3-8/h2-5,7H,6H2,1H3,(H2,13,18)(H,15,16,17). The van der Waals surface area contributed by atoms with Crippen molar-refractivity contribution in [3.63, 3.8) is 0 Å². The van der Waals surface area contributed by atoms with E-state index in [-0.39, 0.29) is 5.56 Å². The van der Waals surface area contributed by atoms with Crippen LogP contribution in [-0.2, 0) is 6.54 Å². The van der Waals surface area contributed by atoms with Crippen molar-refractivity contribution in [1.82, 2.24) is 15.0 Å². The van der Waals surface area contributed by atoms with E-state index in [0.29, 0.717) is 17.5 Å². The van der Waals surface area contributed by atoms with Gasteiger partial charge in [0.05, 0.1) is 5.56 Å². The number of thioether (sulfide) groups is 1. The van der Waals surface area contributed by atoms with Gasteiger partial charge in [0.1, 0.15) is 5.82 Å². The van der Waals surface area contributed by atoms with Gasteiger partial charge in [0.2, 0.25) is 0 Å². The third kappa shape index (κ3) is 3.41. The summed E-state index contributed by atoms with van der Waals surface area (Å²) in [6.45, 7) is 0.535. The number of amides is 1. The van der Waals surface area contributed by atoms with Gasteiger partial charge in [0, 0.05) is 25.1 Å². The molecule has 0 atom stereocenters. The molecule has 0 bridgehead atoms. The van der Waals surface area contributed by atoms with Crippen LogP contribution in [-0.4, -0.2) is 27.1 Å². The van der Waals surface area contributed by atoms with Crippen molar-refractivity contribution in [3.05, 3.63) is 41.9 Å². The number of rotatable bonds is 5. The number of hydrogen-bond donors (Lipinski definition) is 2. The van der Waals surface area contributed by atoms with Gasteiger partial charge in [0.25, 0.3) is 5.91 Å². The highest BCUT2D eigenvalue weighted by Gasteiger charge is 2.11. The Bertz CT molecular complexity index is 576. The highest BCUT2D eigenvalue weighted by molar-refractivity contribution is 7.98. The van der Waals surface area contributed by atoms with Crippen molar-refractivity contribution < 1.29 is 4.79 Å². The van der Waals surface area contributed by atoms with Crippen LogP contribution < -0.4 is 11.1 Å². The molecule has 19 heavy (non-hydrogen) atoms. The zero-order valence-corrected chi connectivity index (χ0v) is 11.1. The summed E-state index contributed by atoms with van der Waals surface area (Å²) in [6, 6.07) is 3.77. The lowest BCUT2D eigenvalue weighted by Gasteiger charge is -2.09. The minimum Gasteiger partial charge on any atom is -0.365 e. The molecule has 0 unspecified atom stereocenters. The number of aromatic nitrogens is 3. The average molecular weight is 275 g/mol.